The lowest BCUT2D eigenvalue weighted by Crippen LogP contribution is -2.09. The van der Waals surface area contributed by atoms with Crippen LogP contribution in [0.15, 0.2) is 48.5 Å². The van der Waals surface area contributed by atoms with Gasteiger partial charge in [0.25, 0.3) is 0 Å². The first kappa shape index (κ1) is 12.6. The van der Waals surface area contributed by atoms with Crippen molar-refractivity contribution in [3.05, 3.63) is 59.7 Å². The van der Waals surface area contributed by atoms with Crippen LogP contribution in [0.1, 0.15) is 17.2 Å². The van der Waals surface area contributed by atoms with Gasteiger partial charge in [-0.05, 0) is 24.3 Å². The highest BCUT2D eigenvalue weighted by Crippen LogP contribution is 2.35. The van der Waals surface area contributed by atoms with Crippen LogP contribution in [0.4, 0.5) is 0 Å². The van der Waals surface area contributed by atoms with E-state index in [9.17, 15) is 0 Å². The van der Waals surface area contributed by atoms with Crippen LogP contribution < -0.4 is 14.2 Å². The number of hydrogen-bond acceptors (Lipinski definition) is 3. The predicted octanol–water partition coefficient (Wildman–Crippen LogP) is 3.85. The van der Waals surface area contributed by atoms with Crippen LogP contribution in [0.3, 0.4) is 0 Å². The summed E-state index contributed by atoms with van der Waals surface area (Å²) in [6, 6.07) is 13.8. The number of rotatable bonds is 3. The van der Waals surface area contributed by atoms with Crippen LogP contribution >= 0.6 is 0 Å². The van der Waals surface area contributed by atoms with Crippen molar-refractivity contribution in [2.24, 2.45) is 0 Å². The first-order valence-corrected chi connectivity index (χ1v) is 6.47. The van der Waals surface area contributed by atoms with Crippen molar-refractivity contribution in [2.75, 3.05) is 14.2 Å². The van der Waals surface area contributed by atoms with Crippen LogP contribution in [0.5, 0.6) is 17.2 Å². The van der Waals surface area contributed by atoms with Crippen molar-refractivity contribution in [1.29, 1.82) is 0 Å². The van der Waals surface area contributed by atoms with Crippen LogP contribution in [0.25, 0.3) is 6.08 Å². The second-order valence-electron chi connectivity index (χ2n) is 4.55. The van der Waals surface area contributed by atoms with Gasteiger partial charge in [0.2, 0.25) is 0 Å². The van der Waals surface area contributed by atoms with Crippen LogP contribution in [-0.2, 0) is 0 Å². The molecule has 0 saturated carbocycles. The highest BCUT2D eigenvalue weighted by atomic mass is 16.5. The predicted molar refractivity (Wildman–Crippen MR) is 78.4 cm³/mol. The van der Waals surface area contributed by atoms with E-state index in [4.69, 9.17) is 14.2 Å². The number of fused-ring (bicyclic) bond motifs is 1. The smallest absolute Gasteiger partial charge is 0.161 e. The van der Waals surface area contributed by atoms with Crippen molar-refractivity contribution in [2.45, 2.75) is 6.10 Å². The van der Waals surface area contributed by atoms with E-state index >= 15 is 0 Å². The van der Waals surface area contributed by atoms with Crippen molar-refractivity contribution in [1.82, 2.24) is 0 Å². The number of ether oxygens (including phenoxy) is 3. The fraction of sp³-hybridized carbons (Fsp3) is 0.176. The number of benzene rings is 2. The molecular formula is C17H16O3. The fourth-order valence-electron chi connectivity index (χ4n) is 2.30. The maximum Gasteiger partial charge on any atom is 0.161 e. The number of methoxy groups -OCH3 is 2. The topological polar surface area (TPSA) is 27.7 Å². The molecule has 2 aromatic rings. The summed E-state index contributed by atoms with van der Waals surface area (Å²) in [5, 5.41) is 0. The molecule has 0 aromatic heterocycles. The Labute approximate surface area is 118 Å². The Morgan fingerprint density at radius 2 is 1.75 bits per heavy atom. The summed E-state index contributed by atoms with van der Waals surface area (Å²) in [7, 11) is 3.26. The molecule has 0 amide bonds. The van der Waals surface area contributed by atoms with Crippen molar-refractivity contribution < 1.29 is 14.2 Å². The molecule has 20 heavy (non-hydrogen) atoms. The summed E-state index contributed by atoms with van der Waals surface area (Å²) in [4.78, 5) is 0. The first-order valence-electron chi connectivity index (χ1n) is 6.47. The summed E-state index contributed by atoms with van der Waals surface area (Å²) in [5.74, 6) is 2.33. The van der Waals surface area contributed by atoms with Gasteiger partial charge >= 0.3 is 0 Å². The molecule has 0 radical (unpaired) electrons. The third-order valence-electron chi connectivity index (χ3n) is 3.36. The monoisotopic (exact) mass is 268 g/mol. The molecule has 3 heteroatoms. The van der Waals surface area contributed by atoms with Crippen molar-refractivity contribution in [3.8, 4) is 17.2 Å². The molecule has 0 N–H and O–H groups in total. The minimum Gasteiger partial charge on any atom is -0.493 e. The van der Waals surface area contributed by atoms with E-state index in [1.54, 1.807) is 14.2 Å². The molecule has 0 aliphatic carbocycles. The average Bonchev–Trinajstić information content (AvgIpc) is 2.53. The van der Waals surface area contributed by atoms with Gasteiger partial charge in [0.15, 0.2) is 11.5 Å². The summed E-state index contributed by atoms with van der Waals surface area (Å²) >= 11 is 0. The van der Waals surface area contributed by atoms with E-state index in [0.717, 1.165) is 22.6 Å². The number of para-hydroxylation sites is 1. The molecule has 3 nitrogen and oxygen atoms in total. The van der Waals surface area contributed by atoms with Gasteiger partial charge in [-0.2, -0.15) is 0 Å². The quantitative estimate of drug-likeness (QED) is 0.846. The molecule has 102 valence electrons. The average molecular weight is 268 g/mol. The van der Waals surface area contributed by atoms with Gasteiger partial charge in [-0.1, -0.05) is 30.3 Å². The SMILES string of the molecule is COc1ccc([C@H]2C=Cc3ccccc3O2)cc1OC. The molecule has 1 atom stereocenters. The Morgan fingerprint density at radius 1 is 0.950 bits per heavy atom. The largest absolute Gasteiger partial charge is 0.493 e. The molecule has 0 bridgehead atoms. The molecule has 0 spiro atoms. The van der Waals surface area contributed by atoms with Gasteiger partial charge in [0, 0.05) is 11.1 Å². The Balaban J connectivity index is 1.92. The van der Waals surface area contributed by atoms with E-state index in [0.29, 0.717) is 5.75 Å². The zero-order chi connectivity index (χ0) is 13.9. The lowest BCUT2D eigenvalue weighted by atomic mass is 10.0. The Bertz CT molecular complexity index is 646. The summed E-state index contributed by atoms with van der Waals surface area (Å²) in [6.45, 7) is 0. The van der Waals surface area contributed by atoms with Crippen molar-refractivity contribution >= 4 is 6.08 Å². The third kappa shape index (κ3) is 2.23. The van der Waals surface area contributed by atoms with E-state index in [-0.39, 0.29) is 6.10 Å². The molecule has 0 saturated heterocycles. The van der Waals surface area contributed by atoms with Gasteiger partial charge in [-0.25, -0.2) is 0 Å². The minimum absolute atomic E-state index is 0.107. The third-order valence-corrected chi connectivity index (χ3v) is 3.36. The Kier molecular flexibility index (Phi) is 3.33. The molecule has 1 heterocycles. The maximum atomic E-state index is 6.01. The van der Waals surface area contributed by atoms with Gasteiger partial charge in [0.1, 0.15) is 11.9 Å². The lowest BCUT2D eigenvalue weighted by molar-refractivity contribution is 0.250. The standard InChI is InChI=1S/C17H16O3/c1-18-16-10-8-13(11-17(16)19-2)15-9-7-12-5-3-4-6-14(12)20-15/h3-11,15H,1-2H3/t15-/m1/s1. The van der Waals surface area contributed by atoms with Crippen LogP contribution in [0, 0.1) is 0 Å². The molecule has 0 fully saturated rings. The highest BCUT2D eigenvalue weighted by molar-refractivity contribution is 5.60. The Hall–Kier alpha value is -2.42. The Morgan fingerprint density at radius 3 is 2.55 bits per heavy atom. The first-order chi connectivity index (χ1) is 9.81. The number of hydrogen-bond donors (Lipinski definition) is 0. The second kappa shape index (κ2) is 5.29. The van der Waals surface area contributed by atoms with E-state index in [2.05, 4.69) is 6.08 Å². The maximum absolute atomic E-state index is 6.01. The molecule has 0 unspecified atom stereocenters. The minimum atomic E-state index is -0.107. The van der Waals surface area contributed by atoms with Crippen LogP contribution in [0.2, 0.25) is 0 Å². The van der Waals surface area contributed by atoms with Gasteiger partial charge in [-0.15, -0.1) is 0 Å². The molecule has 1 aliphatic heterocycles. The van der Waals surface area contributed by atoms with Gasteiger partial charge in [-0.3, -0.25) is 0 Å². The van der Waals surface area contributed by atoms with Gasteiger partial charge in [0.05, 0.1) is 14.2 Å². The lowest BCUT2D eigenvalue weighted by Gasteiger charge is -2.22. The summed E-state index contributed by atoms with van der Waals surface area (Å²) in [6.07, 6.45) is 4.02. The molecule has 1 aliphatic rings. The molecule has 3 rings (SSSR count). The fourth-order valence-corrected chi connectivity index (χ4v) is 2.30. The van der Waals surface area contributed by atoms with E-state index < -0.39 is 0 Å². The normalized spacial score (nSPS) is 16.2. The zero-order valence-corrected chi connectivity index (χ0v) is 11.5. The molecular weight excluding hydrogens is 252 g/mol. The van der Waals surface area contributed by atoms with Crippen molar-refractivity contribution in [3.63, 3.8) is 0 Å². The molecule has 2 aromatic carbocycles. The second-order valence-corrected chi connectivity index (χ2v) is 4.55. The van der Waals surface area contributed by atoms with E-state index in [1.165, 1.54) is 0 Å². The van der Waals surface area contributed by atoms with E-state index in [1.807, 2.05) is 48.5 Å². The van der Waals surface area contributed by atoms with Gasteiger partial charge < -0.3 is 14.2 Å². The summed E-state index contributed by atoms with van der Waals surface area (Å²) < 4.78 is 16.6. The van der Waals surface area contributed by atoms with Crippen LogP contribution in [-0.4, -0.2) is 14.2 Å². The summed E-state index contributed by atoms with van der Waals surface area (Å²) in [5.41, 5.74) is 2.14. The zero-order valence-electron chi connectivity index (χ0n) is 11.5. The highest BCUT2D eigenvalue weighted by Gasteiger charge is 2.17.